The summed E-state index contributed by atoms with van der Waals surface area (Å²) in [6, 6.07) is 17.9. The van der Waals surface area contributed by atoms with Gasteiger partial charge in [-0.15, -0.1) is 6.58 Å². The monoisotopic (exact) mass is 402 g/mol. The van der Waals surface area contributed by atoms with Crippen molar-refractivity contribution in [2.45, 2.75) is 43.1 Å². The second kappa shape index (κ2) is 6.86. The van der Waals surface area contributed by atoms with Gasteiger partial charge in [0.05, 0.1) is 18.6 Å². The van der Waals surface area contributed by atoms with Gasteiger partial charge in [0.15, 0.2) is 0 Å². The normalized spacial score (nSPS) is 38.6. The van der Waals surface area contributed by atoms with E-state index in [-0.39, 0.29) is 17.7 Å². The van der Waals surface area contributed by atoms with E-state index >= 15 is 0 Å². The van der Waals surface area contributed by atoms with Crippen molar-refractivity contribution in [2.24, 2.45) is 11.8 Å². The van der Waals surface area contributed by atoms with Crippen LogP contribution < -0.4 is 10.1 Å². The van der Waals surface area contributed by atoms with Crippen LogP contribution in [0.3, 0.4) is 0 Å². The van der Waals surface area contributed by atoms with E-state index < -0.39 is 0 Å². The number of rotatable bonds is 4. The first-order valence-corrected chi connectivity index (χ1v) is 11.3. The van der Waals surface area contributed by atoms with E-state index in [1.807, 2.05) is 6.07 Å². The average molecular weight is 403 g/mol. The number of nitrogens with one attached hydrogen (secondary N) is 1. The van der Waals surface area contributed by atoms with Crippen LogP contribution in [-0.4, -0.2) is 43.5 Å². The van der Waals surface area contributed by atoms with Gasteiger partial charge in [0, 0.05) is 24.7 Å². The molecule has 0 amide bonds. The molecule has 4 heteroatoms. The summed E-state index contributed by atoms with van der Waals surface area (Å²) in [7, 11) is 1.75. The Morgan fingerprint density at radius 3 is 2.83 bits per heavy atom. The zero-order valence-electron chi connectivity index (χ0n) is 17.6. The lowest BCUT2D eigenvalue weighted by molar-refractivity contribution is -0.0744. The third-order valence-corrected chi connectivity index (χ3v) is 8.12. The summed E-state index contributed by atoms with van der Waals surface area (Å²) in [4.78, 5) is 2.68. The molecule has 4 fully saturated rings. The van der Waals surface area contributed by atoms with Crippen molar-refractivity contribution in [1.29, 1.82) is 0 Å². The zero-order chi connectivity index (χ0) is 20.3. The standard InChI is InChI=1S/C26H30N2O2/c1-3-17-16-28-12-11-18(17)13-23(28)25-26(19-7-5-4-6-8-19)15-24(30-25)27-22-10-9-20(29-2)14-21(22)26/h3-10,14,17-18,23-25,27H,1,11-13,15-16H2,2H3/t17?,18?,23-,24+,25-,26-/m0/s1. The van der Waals surface area contributed by atoms with Crippen LogP contribution in [0.2, 0.25) is 0 Å². The van der Waals surface area contributed by atoms with Crippen LogP contribution >= 0.6 is 0 Å². The molecule has 5 aliphatic rings. The fourth-order valence-corrected chi connectivity index (χ4v) is 6.70. The number of anilines is 1. The fourth-order valence-electron chi connectivity index (χ4n) is 6.70. The molecule has 2 aromatic rings. The van der Waals surface area contributed by atoms with E-state index in [0.717, 1.165) is 24.6 Å². The largest absolute Gasteiger partial charge is 0.497 e. The van der Waals surface area contributed by atoms with Gasteiger partial charge in [-0.25, -0.2) is 0 Å². The van der Waals surface area contributed by atoms with Crippen molar-refractivity contribution in [3.8, 4) is 5.75 Å². The highest BCUT2D eigenvalue weighted by Crippen LogP contribution is 2.56. The lowest BCUT2D eigenvalue weighted by Crippen LogP contribution is -2.60. The summed E-state index contributed by atoms with van der Waals surface area (Å²) in [5.74, 6) is 2.26. The van der Waals surface area contributed by atoms with Crippen molar-refractivity contribution in [2.75, 3.05) is 25.5 Å². The molecule has 7 rings (SSSR count). The van der Waals surface area contributed by atoms with E-state index in [1.54, 1.807) is 7.11 Å². The molecule has 2 aromatic carbocycles. The van der Waals surface area contributed by atoms with Crippen LogP contribution in [0, 0.1) is 11.8 Å². The lowest BCUT2D eigenvalue weighted by atomic mass is 9.62. The van der Waals surface area contributed by atoms with E-state index in [0.29, 0.717) is 12.0 Å². The number of piperidine rings is 3. The molecule has 5 aliphatic heterocycles. The molecule has 0 aromatic heterocycles. The summed E-state index contributed by atoms with van der Waals surface area (Å²) in [6.07, 6.45) is 5.79. The smallest absolute Gasteiger partial charge is 0.129 e. The molecule has 0 spiro atoms. The maximum Gasteiger partial charge on any atom is 0.129 e. The third kappa shape index (κ3) is 2.53. The first kappa shape index (κ1) is 18.5. The molecule has 0 aliphatic carbocycles. The molecule has 30 heavy (non-hydrogen) atoms. The highest BCUT2D eigenvalue weighted by Gasteiger charge is 2.59. The van der Waals surface area contributed by atoms with Gasteiger partial charge in [0.25, 0.3) is 0 Å². The van der Waals surface area contributed by atoms with Crippen molar-refractivity contribution >= 4 is 5.69 Å². The first-order valence-electron chi connectivity index (χ1n) is 11.3. The van der Waals surface area contributed by atoms with Crippen molar-refractivity contribution in [3.63, 3.8) is 0 Å². The quantitative estimate of drug-likeness (QED) is 0.768. The first-order chi connectivity index (χ1) is 14.7. The topological polar surface area (TPSA) is 33.7 Å². The molecular weight excluding hydrogens is 372 g/mol. The van der Waals surface area contributed by atoms with Crippen LogP contribution in [0.4, 0.5) is 5.69 Å². The number of benzene rings is 2. The minimum Gasteiger partial charge on any atom is -0.497 e. The Kier molecular flexibility index (Phi) is 4.22. The highest BCUT2D eigenvalue weighted by atomic mass is 16.5. The number of hydrogen-bond acceptors (Lipinski definition) is 4. The van der Waals surface area contributed by atoms with Crippen molar-refractivity contribution < 1.29 is 9.47 Å². The van der Waals surface area contributed by atoms with Gasteiger partial charge in [0.2, 0.25) is 0 Å². The molecule has 4 saturated heterocycles. The fraction of sp³-hybridized carbons (Fsp3) is 0.462. The maximum atomic E-state index is 6.84. The van der Waals surface area contributed by atoms with Crippen molar-refractivity contribution in [1.82, 2.24) is 4.90 Å². The maximum absolute atomic E-state index is 6.84. The van der Waals surface area contributed by atoms with Crippen LogP contribution in [-0.2, 0) is 10.2 Å². The molecule has 4 nitrogen and oxygen atoms in total. The Bertz CT molecular complexity index is 961. The summed E-state index contributed by atoms with van der Waals surface area (Å²) < 4.78 is 12.5. The van der Waals surface area contributed by atoms with Gasteiger partial charge in [-0.05, 0) is 60.5 Å². The molecular formula is C26H30N2O2. The Hall–Kier alpha value is -2.30. The molecule has 4 bridgehead atoms. The number of fused-ring (bicyclic) bond motifs is 7. The molecule has 5 heterocycles. The van der Waals surface area contributed by atoms with E-state index in [9.17, 15) is 0 Å². The third-order valence-electron chi connectivity index (χ3n) is 8.12. The lowest BCUT2D eigenvalue weighted by Gasteiger charge is -2.53. The minimum atomic E-state index is -0.160. The minimum absolute atomic E-state index is 0.0490. The number of methoxy groups -OCH3 is 1. The van der Waals surface area contributed by atoms with Crippen LogP contribution in [0.5, 0.6) is 5.75 Å². The van der Waals surface area contributed by atoms with Crippen molar-refractivity contribution in [3.05, 3.63) is 72.3 Å². The van der Waals surface area contributed by atoms with Gasteiger partial charge >= 0.3 is 0 Å². The molecule has 7 atom stereocenters. The summed E-state index contributed by atoms with van der Waals surface area (Å²) in [6.45, 7) is 6.40. The second-order valence-corrected chi connectivity index (χ2v) is 9.39. The number of hydrogen-bond donors (Lipinski definition) is 1. The Morgan fingerprint density at radius 2 is 2.10 bits per heavy atom. The van der Waals surface area contributed by atoms with Crippen LogP contribution in [0.1, 0.15) is 30.4 Å². The van der Waals surface area contributed by atoms with Gasteiger partial charge in [-0.1, -0.05) is 36.4 Å². The number of nitrogens with zero attached hydrogens (tertiary/aromatic N) is 1. The SMILES string of the molecule is C=CC1CN2CCC1C[C@H]2[C@@H]1O[C@@H]2C[C@]1(c1ccccc1)c1cc(OC)ccc1N2. The predicted molar refractivity (Wildman–Crippen MR) is 119 cm³/mol. The zero-order valence-corrected chi connectivity index (χ0v) is 17.6. The van der Waals surface area contributed by atoms with Gasteiger partial charge in [-0.2, -0.15) is 0 Å². The summed E-state index contributed by atoms with van der Waals surface area (Å²) in [5, 5.41) is 3.65. The highest BCUT2D eigenvalue weighted by molar-refractivity contribution is 5.65. The average Bonchev–Trinajstić information content (AvgIpc) is 3.14. The predicted octanol–water partition coefficient (Wildman–Crippen LogP) is 4.42. The molecule has 0 saturated carbocycles. The van der Waals surface area contributed by atoms with Crippen LogP contribution in [0.25, 0.3) is 0 Å². The van der Waals surface area contributed by atoms with E-state index in [1.165, 1.54) is 36.2 Å². The Morgan fingerprint density at radius 1 is 1.23 bits per heavy atom. The summed E-state index contributed by atoms with van der Waals surface area (Å²) in [5.41, 5.74) is 3.69. The van der Waals surface area contributed by atoms with Gasteiger partial charge in [-0.3, -0.25) is 4.90 Å². The molecule has 1 N–H and O–H groups in total. The van der Waals surface area contributed by atoms with E-state index in [2.05, 4.69) is 65.3 Å². The van der Waals surface area contributed by atoms with E-state index in [4.69, 9.17) is 9.47 Å². The molecule has 0 radical (unpaired) electrons. The number of ether oxygens (including phenoxy) is 2. The Labute approximate surface area is 178 Å². The Balaban J connectivity index is 1.50. The molecule has 3 unspecified atom stereocenters. The van der Waals surface area contributed by atoms with Gasteiger partial charge < -0.3 is 14.8 Å². The second-order valence-electron chi connectivity index (χ2n) is 9.39. The van der Waals surface area contributed by atoms with Crippen LogP contribution in [0.15, 0.2) is 61.2 Å². The van der Waals surface area contributed by atoms with Gasteiger partial charge in [0.1, 0.15) is 12.0 Å². The molecule has 156 valence electrons. The summed E-state index contributed by atoms with van der Waals surface area (Å²) >= 11 is 0.